The van der Waals surface area contributed by atoms with Crippen molar-refractivity contribution < 1.29 is 32.4 Å². The van der Waals surface area contributed by atoms with Gasteiger partial charge in [-0.15, -0.1) is 0 Å². The second kappa shape index (κ2) is 12.0. The van der Waals surface area contributed by atoms with Gasteiger partial charge in [-0.2, -0.15) is 0 Å². The molecule has 194 valence electrons. The predicted octanol–water partition coefficient (Wildman–Crippen LogP) is 6.40. The quantitative estimate of drug-likeness (QED) is 0.188. The average Bonchev–Trinajstić information content (AvgIpc) is 2.90. The lowest BCUT2D eigenvalue weighted by Gasteiger charge is -2.38. The van der Waals surface area contributed by atoms with E-state index in [9.17, 15) is 9.36 Å². The molecule has 3 aromatic rings. The molecule has 0 fully saturated rings. The standard InChI is InChI=1S/C27H27INO7P/c1-19-27(24(28)17-26(30)29(19)18-20-14-15-23(32-2)16-25(20)33-3)36-37(31,34-21-10-6-4-7-11-21)35-22-12-8-5-9-13-22/h4-17,19,27H,18H2,1-3H3/t19-,27-/m0/s1. The van der Waals surface area contributed by atoms with Crippen molar-refractivity contribution in [3.05, 3.63) is 94.1 Å². The number of para-hydroxylation sites is 2. The van der Waals surface area contributed by atoms with Gasteiger partial charge in [0.1, 0.15) is 29.1 Å². The number of carbonyl (C=O) groups excluding carboxylic acids is 1. The van der Waals surface area contributed by atoms with Gasteiger partial charge in [-0.05, 0) is 65.9 Å². The molecule has 0 spiro atoms. The van der Waals surface area contributed by atoms with Crippen LogP contribution in [-0.4, -0.2) is 37.2 Å². The van der Waals surface area contributed by atoms with Gasteiger partial charge in [-0.3, -0.25) is 9.32 Å². The first-order valence-electron chi connectivity index (χ1n) is 11.5. The van der Waals surface area contributed by atoms with Crippen LogP contribution in [0.5, 0.6) is 23.0 Å². The number of methoxy groups -OCH3 is 2. The number of hydrogen-bond donors (Lipinski definition) is 0. The van der Waals surface area contributed by atoms with Gasteiger partial charge < -0.3 is 23.4 Å². The van der Waals surface area contributed by atoms with Crippen molar-refractivity contribution in [1.29, 1.82) is 0 Å². The highest BCUT2D eigenvalue weighted by molar-refractivity contribution is 14.1. The van der Waals surface area contributed by atoms with Crippen molar-refractivity contribution in [3.63, 3.8) is 0 Å². The minimum atomic E-state index is -4.19. The highest BCUT2D eigenvalue weighted by atomic mass is 127. The molecule has 0 N–H and O–H groups in total. The van der Waals surface area contributed by atoms with Gasteiger partial charge in [0.05, 0.1) is 26.8 Å². The van der Waals surface area contributed by atoms with E-state index in [0.29, 0.717) is 26.6 Å². The van der Waals surface area contributed by atoms with Crippen molar-refractivity contribution in [3.8, 4) is 23.0 Å². The van der Waals surface area contributed by atoms with Gasteiger partial charge in [-0.25, -0.2) is 4.57 Å². The maximum absolute atomic E-state index is 14.0. The normalized spacial score (nSPS) is 17.7. The molecule has 0 aromatic heterocycles. The lowest BCUT2D eigenvalue weighted by molar-refractivity contribution is -0.131. The third-order valence-corrected chi connectivity index (χ3v) is 8.02. The van der Waals surface area contributed by atoms with Crippen molar-refractivity contribution in [1.82, 2.24) is 4.90 Å². The van der Waals surface area contributed by atoms with Crippen LogP contribution in [0.25, 0.3) is 0 Å². The van der Waals surface area contributed by atoms with E-state index >= 15 is 0 Å². The fraction of sp³-hybridized carbons (Fsp3) is 0.222. The van der Waals surface area contributed by atoms with Gasteiger partial charge in [0.25, 0.3) is 0 Å². The monoisotopic (exact) mass is 635 g/mol. The molecule has 0 aliphatic carbocycles. The first-order chi connectivity index (χ1) is 17.8. The van der Waals surface area contributed by atoms with Gasteiger partial charge in [-0.1, -0.05) is 36.4 Å². The number of nitrogens with zero attached hydrogens (tertiary/aromatic N) is 1. The van der Waals surface area contributed by atoms with Crippen LogP contribution < -0.4 is 18.5 Å². The van der Waals surface area contributed by atoms with Gasteiger partial charge >= 0.3 is 7.82 Å². The summed E-state index contributed by atoms with van der Waals surface area (Å²) >= 11 is 2.03. The molecule has 0 unspecified atom stereocenters. The van der Waals surface area contributed by atoms with Crippen molar-refractivity contribution in [2.24, 2.45) is 0 Å². The maximum atomic E-state index is 14.0. The highest BCUT2D eigenvalue weighted by Gasteiger charge is 2.42. The Morgan fingerprint density at radius 2 is 1.46 bits per heavy atom. The molecule has 0 radical (unpaired) electrons. The molecule has 0 saturated carbocycles. The molecule has 1 aliphatic heterocycles. The summed E-state index contributed by atoms with van der Waals surface area (Å²) in [7, 11) is -1.05. The van der Waals surface area contributed by atoms with E-state index in [4.69, 9.17) is 23.0 Å². The lowest BCUT2D eigenvalue weighted by Crippen LogP contribution is -2.48. The summed E-state index contributed by atoms with van der Waals surface area (Å²) in [5.74, 6) is 1.70. The SMILES string of the molecule is COc1ccc(CN2C(=O)C=C(I)[C@@H](OP(=O)(Oc3ccccc3)Oc3ccccc3)[C@@H]2C)c(OC)c1. The Bertz CT molecular complexity index is 1260. The summed E-state index contributed by atoms with van der Waals surface area (Å²) < 4.78 is 43.1. The summed E-state index contributed by atoms with van der Waals surface area (Å²) in [6, 6.07) is 22.3. The second-order valence-corrected chi connectivity index (χ2v) is 10.9. The Labute approximate surface area is 229 Å². The smallest absolute Gasteiger partial charge is 0.497 e. The number of phosphoric ester groups is 1. The van der Waals surface area contributed by atoms with E-state index in [1.807, 2.05) is 47.7 Å². The van der Waals surface area contributed by atoms with Gasteiger partial charge in [0.15, 0.2) is 0 Å². The predicted molar refractivity (Wildman–Crippen MR) is 148 cm³/mol. The number of amides is 1. The molecule has 10 heteroatoms. The molecule has 3 aromatic carbocycles. The van der Waals surface area contributed by atoms with Crippen LogP contribution in [0.1, 0.15) is 12.5 Å². The lowest BCUT2D eigenvalue weighted by atomic mass is 10.0. The molecular weight excluding hydrogens is 608 g/mol. The Hall–Kier alpha value is -3.01. The molecule has 8 nitrogen and oxygen atoms in total. The minimum absolute atomic E-state index is 0.197. The van der Waals surface area contributed by atoms with E-state index in [1.54, 1.807) is 79.8 Å². The third kappa shape index (κ3) is 6.66. The average molecular weight is 635 g/mol. The molecule has 0 bridgehead atoms. The molecule has 0 saturated heterocycles. The van der Waals surface area contributed by atoms with E-state index < -0.39 is 20.0 Å². The van der Waals surface area contributed by atoms with E-state index in [2.05, 4.69) is 0 Å². The van der Waals surface area contributed by atoms with Gasteiger partial charge in [0, 0.05) is 21.3 Å². The maximum Gasteiger partial charge on any atom is 0.588 e. The Balaban J connectivity index is 1.62. The van der Waals surface area contributed by atoms with Crippen molar-refractivity contribution in [2.45, 2.75) is 25.6 Å². The van der Waals surface area contributed by atoms with Crippen molar-refractivity contribution in [2.75, 3.05) is 14.2 Å². The number of hydrogen-bond acceptors (Lipinski definition) is 7. The van der Waals surface area contributed by atoms with Crippen LogP contribution in [0, 0.1) is 0 Å². The van der Waals surface area contributed by atoms with Crippen LogP contribution in [0.2, 0.25) is 0 Å². The van der Waals surface area contributed by atoms with E-state index in [-0.39, 0.29) is 12.5 Å². The second-order valence-electron chi connectivity index (χ2n) is 8.20. The number of benzene rings is 3. The number of rotatable bonds is 10. The Morgan fingerprint density at radius 3 is 2.00 bits per heavy atom. The zero-order chi connectivity index (χ0) is 26.4. The summed E-state index contributed by atoms with van der Waals surface area (Å²) in [6.07, 6.45) is 0.706. The zero-order valence-corrected chi connectivity index (χ0v) is 23.6. The molecule has 1 aliphatic rings. The summed E-state index contributed by atoms with van der Waals surface area (Å²) in [5.41, 5.74) is 0.789. The number of phosphoric acid groups is 1. The molecule has 37 heavy (non-hydrogen) atoms. The first-order valence-corrected chi connectivity index (χ1v) is 14.0. The molecular formula is C27H27INO7P. The van der Waals surface area contributed by atoms with E-state index in [1.165, 1.54) is 6.08 Å². The number of halogens is 1. The zero-order valence-electron chi connectivity index (χ0n) is 20.6. The topological polar surface area (TPSA) is 83.5 Å². The van der Waals surface area contributed by atoms with Crippen LogP contribution in [0.15, 0.2) is 88.5 Å². The largest absolute Gasteiger partial charge is 0.588 e. The minimum Gasteiger partial charge on any atom is -0.497 e. The fourth-order valence-corrected chi connectivity index (χ4v) is 6.39. The van der Waals surface area contributed by atoms with Crippen LogP contribution in [0.3, 0.4) is 0 Å². The molecule has 1 heterocycles. The number of carbonyl (C=O) groups is 1. The van der Waals surface area contributed by atoms with Crippen LogP contribution >= 0.6 is 30.4 Å². The van der Waals surface area contributed by atoms with Crippen LogP contribution in [0.4, 0.5) is 0 Å². The Morgan fingerprint density at radius 1 is 0.865 bits per heavy atom. The first kappa shape index (κ1) is 27.0. The number of ether oxygens (including phenoxy) is 2. The van der Waals surface area contributed by atoms with E-state index in [0.717, 1.165) is 5.56 Å². The molecule has 2 atom stereocenters. The van der Waals surface area contributed by atoms with Crippen molar-refractivity contribution >= 4 is 36.3 Å². The third-order valence-electron chi connectivity index (χ3n) is 5.74. The molecule has 1 amide bonds. The highest BCUT2D eigenvalue weighted by Crippen LogP contribution is 2.52. The summed E-state index contributed by atoms with van der Waals surface area (Å²) in [4.78, 5) is 14.7. The van der Waals surface area contributed by atoms with Gasteiger partial charge in [0.2, 0.25) is 5.91 Å². The fourth-order valence-electron chi connectivity index (χ4n) is 3.83. The summed E-state index contributed by atoms with van der Waals surface area (Å²) in [6.45, 7) is 2.08. The van der Waals surface area contributed by atoms with Crippen LogP contribution in [-0.2, 0) is 20.4 Å². The summed E-state index contributed by atoms with van der Waals surface area (Å²) in [5, 5.41) is 0. The molecule has 4 rings (SSSR count). The Kier molecular flexibility index (Phi) is 8.79.